The maximum Gasteiger partial charge on any atom is 3.00 e. The fraction of sp³-hybridized carbons (Fsp3) is 0.219. The van der Waals surface area contributed by atoms with Gasteiger partial charge in [0.15, 0.2) is 0 Å². The summed E-state index contributed by atoms with van der Waals surface area (Å²) in [5.41, 5.74) is 13.1. The molecule has 2 aliphatic rings. The molecule has 0 saturated heterocycles. The van der Waals surface area contributed by atoms with Crippen molar-refractivity contribution in [1.29, 1.82) is 10.5 Å². The first-order valence-corrected chi connectivity index (χ1v) is 25.0. The number of hydrogen-bond donors (Lipinski definition) is 0. The molecule has 12 heteroatoms. The van der Waals surface area contributed by atoms with Crippen molar-refractivity contribution in [3.8, 4) is 46.3 Å². The summed E-state index contributed by atoms with van der Waals surface area (Å²) in [4.78, 5) is 17.0. The largest absolute Gasteiger partial charge is 3.00 e. The normalized spacial score (nSPS) is 12.3. The van der Waals surface area contributed by atoms with Crippen LogP contribution in [0.2, 0.25) is 0 Å². The fourth-order valence-corrected chi connectivity index (χ4v) is 8.49. The molecule has 10 nitrogen and oxygen atoms in total. The van der Waals surface area contributed by atoms with Crippen molar-refractivity contribution in [3.05, 3.63) is 242 Å². The molecule has 0 saturated carbocycles. The monoisotopic (exact) mass is 1360 g/mol. The molecule has 6 aromatic carbocycles. The number of nitrogens with zero attached hydrogens (tertiary/aromatic N) is 10. The van der Waals surface area contributed by atoms with Crippen LogP contribution in [0.1, 0.15) is 112 Å². The molecule has 76 heavy (non-hydrogen) atoms. The van der Waals surface area contributed by atoms with E-state index in [4.69, 9.17) is 10.5 Å². The summed E-state index contributed by atoms with van der Waals surface area (Å²) >= 11 is 0. The van der Waals surface area contributed by atoms with E-state index >= 15 is 0 Å². The number of benzene rings is 6. The van der Waals surface area contributed by atoms with E-state index in [1.165, 1.54) is 33.6 Å². The van der Waals surface area contributed by atoms with Crippen LogP contribution in [0, 0.1) is 60.3 Å². The van der Waals surface area contributed by atoms with Crippen LogP contribution < -0.4 is 9.80 Å². The van der Waals surface area contributed by atoms with Gasteiger partial charge in [0.05, 0.1) is 11.6 Å². The maximum absolute atomic E-state index is 8.62. The molecule has 0 aliphatic carbocycles. The maximum atomic E-state index is 8.62. The Balaban J connectivity index is 0.000000190. The zero-order chi connectivity index (χ0) is 52.7. The van der Waals surface area contributed by atoms with Crippen LogP contribution in [0.15, 0.2) is 171 Å². The van der Waals surface area contributed by atoms with Gasteiger partial charge in [0.1, 0.15) is 0 Å². The van der Waals surface area contributed by atoms with E-state index < -0.39 is 0 Å². The van der Waals surface area contributed by atoms with Gasteiger partial charge in [-0.3, -0.25) is 9.97 Å². The topological polar surface area (TPSA) is 96.2 Å². The van der Waals surface area contributed by atoms with Crippen LogP contribution in [0.3, 0.4) is 0 Å². The average molecular weight is 1360 g/mol. The number of imidazole rings is 2. The summed E-state index contributed by atoms with van der Waals surface area (Å²) in [6.45, 7) is 21.8. The van der Waals surface area contributed by atoms with Gasteiger partial charge in [-0.25, -0.2) is 10.5 Å². The standard InChI is InChI=1S/2C21H23N2.2C11H9N3.2Ir/c2*1-15(2)18-11-8-12-19(16(3)4)20(18)23-14-13-22-21(23)17-9-6-5-7-10-17;2*1-13-6-7-14(9-13)11-4-2-10(8-12)3-5-11;;/h2*5-9,11-16H,1-4H3;2*2-4,6-7,9H,1H3;;/q2*-1;2*-2;2*+3. The summed E-state index contributed by atoms with van der Waals surface area (Å²) in [6, 6.07) is 56.8. The van der Waals surface area contributed by atoms with Gasteiger partial charge in [0, 0.05) is 48.3 Å². The third-order valence-corrected chi connectivity index (χ3v) is 12.3. The van der Waals surface area contributed by atoms with Crippen LogP contribution in [-0.2, 0) is 40.2 Å². The fourth-order valence-electron chi connectivity index (χ4n) is 8.49. The first-order chi connectivity index (χ1) is 35.8. The van der Waals surface area contributed by atoms with Gasteiger partial charge in [-0.1, -0.05) is 103 Å². The van der Waals surface area contributed by atoms with E-state index in [2.05, 4.69) is 172 Å². The molecule has 0 unspecified atom stereocenters. The van der Waals surface area contributed by atoms with Gasteiger partial charge in [-0.05, 0) is 84.8 Å². The van der Waals surface area contributed by atoms with Crippen molar-refractivity contribution >= 4 is 11.4 Å². The van der Waals surface area contributed by atoms with Crippen molar-refractivity contribution in [2.75, 3.05) is 23.9 Å². The third kappa shape index (κ3) is 15.0. The van der Waals surface area contributed by atoms with Crippen molar-refractivity contribution < 1.29 is 40.2 Å². The zero-order valence-electron chi connectivity index (χ0n) is 44.8. The molecule has 10 rings (SSSR count). The van der Waals surface area contributed by atoms with E-state index in [1.807, 2.05) is 133 Å². The van der Waals surface area contributed by atoms with E-state index in [1.54, 1.807) is 24.3 Å². The molecule has 2 aliphatic heterocycles. The van der Waals surface area contributed by atoms with Crippen LogP contribution in [0.5, 0.6) is 0 Å². The Morgan fingerprint density at radius 2 is 0.829 bits per heavy atom. The Morgan fingerprint density at radius 1 is 0.461 bits per heavy atom. The quantitative estimate of drug-likeness (QED) is 0.125. The Morgan fingerprint density at radius 3 is 1.09 bits per heavy atom. The number of para-hydroxylation sites is 2. The predicted octanol–water partition coefficient (Wildman–Crippen LogP) is 14.6. The molecule has 0 atom stereocenters. The number of anilines is 2. The predicted molar refractivity (Wildman–Crippen MR) is 299 cm³/mol. The summed E-state index contributed by atoms with van der Waals surface area (Å²) in [7, 11) is 3.92. The summed E-state index contributed by atoms with van der Waals surface area (Å²) in [6.07, 6.45) is 15.6. The van der Waals surface area contributed by atoms with Crippen LogP contribution >= 0.6 is 0 Å². The van der Waals surface area contributed by atoms with Crippen LogP contribution in [0.4, 0.5) is 11.4 Å². The molecule has 0 fully saturated rings. The SMILES string of the molecule is CC(C)c1cccc(C(C)C)c1-n1ccnc1-c1[c-]cccc1.CC(C)c1cccc(C(C)C)c1-n1ccnc1-c1[c-]cccc1.CN1C=CN(c2[c-]cc(C#N)cc2)[CH-]1.CN1C=CN(c2[c-]cc(C#N)cc2)[CH-]1.[Ir+3].[Ir+3]. The molecule has 0 bridgehead atoms. The van der Waals surface area contributed by atoms with Gasteiger partial charge < -0.3 is 28.7 Å². The van der Waals surface area contributed by atoms with E-state index in [0.717, 1.165) is 34.2 Å². The molecule has 0 spiro atoms. The molecule has 0 N–H and O–H groups in total. The molecular formula is C64H64Ir2N10. The van der Waals surface area contributed by atoms with Gasteiger partial charge in [0.2, 0.25) is 0 Å². The molecule has 0 amide bonds. The Bertz CT molecular complexity index is 2930. The Kier molecular flexibility index (Phi) is 22.4. The second-order valence-electron chi connectivity index (χ2n) is 19.1. The molecule has 388 valence electrons. The molecule has 8 aromatic rings. The van der Waals surface area contributed by atoms with Crippen LogP contribution in [-0.4, -0.2) is 43.0 Å². The first-order valence-electron chi connectivity index (χ1n) is 25.0. The number of rotatable bonds is 10. The first kappa shape index (κ1) is 59.6. The van der Waals surface area contributed by atoms with Crippen LogP contribution in [0.25, 0.3) is 34.2 Å². The van der Waals surface area contributed by atoms with E-state index in [0.29, 0.717) is 34.8 Å². The van der Waals surface area contributed by atoms with E-state index in [9.17, 15) is 0 Å². The van der Waals surface area contributed by atoms with Gasteiger partial charge >= 0.3 is 40.2 Å². The molecular weight excluding hydrogens is 1290 g/mol. The second kappa shape index (κ2) is 28.6. The second-order valence-corrected chi connectivity index (χ2v) is 19.1. The van der Waals surface area contributed by atoms with Gasteiger partial charge in [0.25, 0.3) is 0 Å². The molecule has 2 aromatic heterocycles. The number of aromatic nitrogens is 4. The minimum atomic E-state index is 0. The number of hydrogen-bond acceptors (Lipinski definition) is 8. The smallest absolute Gasteiger partial charge is 0.510 e. The van der Waals surface area contributed by atoms with Crippen molar-refractivity contribution in [2.24, 2.45) is 0 Å². The third-order valence-electron chi connectivity index (χ3n) is 12.3. The van der Waals surface area contributed by atoms with Crippen molar-refractivity contribution in [1.82, 2.24) is 28.9 Å². The average Bonchev–Trinajstić information content (AvgIpc) is 4.28. The Labute approximate surface area is 479 Å². The summed E-state index contributed by atoms with van der Waals surface area (Å²) in [5, 5.41) is 17.2. The summed E-state index contributed by atoms with van der Waals surface area (Å²) in [5.74, 6) is 3.72. The van der Waals surface area contributed by atoms with Crippen molar-refractivity contribution in [2.45, 2.75) is 79.1 Å². The molecule has 0 radical (unpaired) electrons. The van der Waals surface area contributed by atoms with Gasteiger partial charge in [-0.2, -0.15) is 49.7 Å². The summed E-state index contributed by atoms with van der Waals surface area (Å²) < 4.78 is 4.44. The number of nitriles is 2. The van der Waals surface area contributed by atoms with Gasteiger partial charge in [-0.15, -0.1) is 95.3 Å². The molecule has 4 heterocycles. The minimum absolute atomic E-state index is 0. The van der Waals surface area contributed by atoms with E-state index in [-0.39, 0.29) is 40.2 Å². The zero-order valence-corrected chi connectivity index (χ0v) is 49.6. The Hall–Kier alpha value is -7.30. The minimum Gasteiger partial charge on any atom is -0.510 e. The van der Waals surface area contributed by atoms with Crippen molar-refractivity contribution in [3.63, 3.8) is 0 Å².